The van der Waals surface area contributed by atoms with Gasteiger partial charge in [-0.05, 0) is 65.7 Å². The Hall–Kier alpha value is -3.19. The third kappa shape index (κ3) is 12.4. The van der Waals surface area contributed by atoms with Crippen molar-refractivity contribution in [3.05, 3.63) is 29.8 Å². The zero-order chi connectivity index (χ0) is 29.1. The van der Waals surface area contributed by atoms with E-state index >= 15 is 0 Å². The molecule has 214 valence electrons. The van der Waals surface area contributed by atoms with E-state index in [0.29, 0.717) is 6.42 Å². The minimum absolute atomic E-state index is 0.0475. The van der Waals surface area contributed by atoms with Gasteiger partial charge in [-0.25, -0.2) is 13.2 Å². The van der Waals surface area contributed by atoms with Crippen molar-refractivity contribution < 1.29 is 41.8 Å². The summed E-state index contributed by atoms with van der Waals surface area (Å²) in [7, 11) is -4.17. The van der Waals surface area contributed by atoms with Crippen molar-refractivity contribution in [3.63, 3.8) is 0 Å². The first kappa shape index (κ1) is 32.8. The van der Waals surface area contributed by atoms with Gasteiger partial charge in [-0.15, -0.1) is 0 Å². The number of aryl methyl sites for hydroxylation is 1. The lowest BCUT2D eigenvalue weighted by atomic mass is 9.98. The molecule has 1 rings (SSSR count). The zero-order valence-electron chi connectivity index (χ0n) is 23.0. The smallest absolute Gasteiger partial charge is 0.407 e. The highest BCUT2D eigenvalue weighted by atomic mass is 32.2. The van der Waals surface area contributed by atoms with Crippen molar-refractivity contribution in [2.24, 2.45) is 5.41 Å². The molecule has 12 nitrogen and oxygen atoms in total. The molecule has 0 saturated carbocycles. The highest BCUT2D eigenvalue weighted by molar-refractivity contribution is 7.89. The molecule has 0 unspecified atom stereocenters. The Morgan fingerprint density at radius 3 is 2.05 bits per heavy atom. The van der Waals surface area contributed by atoms with Gasteiger partial charge in [-0.3, -0.25) is 14.4 Å². The maximum absolute atomic E-state index is 12.9. The van der Waals surface area contributed by atoms with Gasteiger partial charge >= 0.3 is 18.0 Å². The Labute approximate surface area is 224 Å². The highest BCUT2D eigenvalue weighted by Gasteiger charge is 2.29. The van der Waals surface area contributed by atoms with Crippen LogP contribution in [0.5, 0.6) is 0 Å². The quantitative estimate of drug-likeness (QED) is 0.257. The van der Waals surface area contributed by atoms with Crippen LogP contribution in [0.25, 0.3) is 0 Å². The molecule has 0 aliphatic carbocycles. The van der Waals surface area contributed by atoms with Gasteiger partial charge in [-0.2, -0.15) is 4.72 Å². The number of carbonyl (C=O) groups excluding carboxylic acids is 4. The third-order valence-corrected chi connectivity index (χ3v) is 6.24. The fraction of sp³-hybridized carbons (Fsp3) is 0.600. The number of sulfonamides is 1. The normalized spacial score (nSPS) is 12.7. The molecule has 1 atom stereocenters. The standard InChI is InChI=1S/C25H39N3O9S/c1-8-17-9-11-18(12-10-17)38(33,34)28-19(21(30)35-16-36-22(31)24(2,3)4)15-27-20(29)13-14-26-23(32)37-25(5,6)7/h9-12,19,28H,8,13-16H2,1-7H3,(H,26,32)(H,27,29)/t19-/m0/s1. The number of alkyl carbamates (subject to hydrolysis) is 1. The monoisotopic (exact) mass is 557 g/mol. The molecule has 13 heteroatoms. The van der Waals surface area contributed by atoms with E-state index in [0.717, 1.165) is 5.56 Å². The number of ether oxygens (including phenoxy) is 3. The number of hydrogen-bond donors (Lipinski definition) is 3. The summed E-state index contributed by atoms with van der Waals surface area (Å²) in [5.74, 6) is -2.25. The molecule has 1 aromatic rings. The lowest BCUT2D eigenvalue weighted by Gasteiger charge is -2.20. The van der Waals surface area contributed by atoms with E-state index in [1.807, 2.05) is 6.92 Å². The minimum atomic E-state index is -4.17. The van der Waals surface area contributed by atoms with Crippen molar-refractivity contribution in [2.45, 2.75) is 77.8 Å². The predicted octanol–water partition coefficient (Wildman–Crippen LogP) is 2.02. The second kappa shape index (κ2) is 14.1. The Morgan fingerprint density at radius 1 is 0.921 bits per heavy atom. The number of rotatable bonds is 12. The van der Waals surface area contributed by atoms with Crippen LogP contribution in [0.15, 0.2) is 29.2 Å². The fourth-order valence-corrected chi connectivity index (χ4v) is 3.87. The van der Waals surface area contributed by atoms with Gasteiger partial charge in [-0.1, -0.05) is 19.1 Å². The van der Waals surface area contributed by atoms with Crippen LogP contribution in [-0.4, -0.2) is 63.9 Å². The van der Waals surface area contributed by atoms with E-state index in [2.05, 4.69) is 15.4 Å². The molecule has 1 aromatic carbocycles. The van der Waals surface area contributed by atoms with Crippen LogP contribution in [0.4, 0.5) is 4.79 Å². The summed E-state index contributed by atoms with van der Waals surface area (Å²) >= 11 is 0. The molecule has 0 spiro atoms. The SMILES string of the molecule is CCc1ccc(S(=O)(=O)N[C@@H](CNC(=O)CCNC(=O)OC(C)(C)C)C(=O)OCOC(=O)C(C)(C)C)cc1. The van der Waals surface area contributed by atoms with Crippen molar-refractivity contribution >= 4 is 34.0 Å². The summed E-state index contributed by atoms with van der Waals surface area (Å²) < 4.78 is 42.9. The average molecular weight is 558 g/mol. The predicted molar refractivity (Wildman–Crippen MR) is 138 cm³/mol. The lowest BCUT2D eigenvalue weighted by Crippen LogP contribution is -2.49. The molecule has 0 bridgehead atoms. The van der Waals surface area contributed by atoms with Crippen LogP contribution in [0, 0.1) is 5.41 Å². The second-order valence-corrected chi connectivity index (χ2v) is 12.1. The number of benzene rings is 1. The first-order chi connectivity index (χ1) is 17.4. The van der Waals surface area contributed by atoms with E-state index in [1.54, 1.807) is 53.7 Å². The molecule has 0 saturated heterocycles. The van der Waals surface area contributed by atoms with Gasteiger partial charge < -0.3 is 24.8 Å². The number of esters is 2. The Kier molecular flexibility index (Phi) is 12.2. The second-order valence-electron chi connectivity index (χ2n) is 10.4. The van der Waals surface area contributed by atoms with E-state index < -0.39 is 64.4 Å². The fourth-order valence-electron chi connectivity index (χ4n) is 2.69. The third-order valence-electron chi connectivity index (χ3n) is 4.75. The van der Waals surface area contributed by atoms with Gasteiger partial charge in [0.05, 0.1) is 10.3 Å². The highest BCUT2D eigenvalue weighted by Crippen LogP contribution is 2.15. The van der Waals surface area contributed by atoms with Crippen molar-refractivity contribution in [1.29, 1.82) is 0 Å². The van der Waals surface area contributed by atoms with Crippen LogP contribution in [0.2, 0.25) is 0 Å². The maximum Gasteiger partial charge on any atom is 0.407 e. The molecule has 3 N–H and O–H groups in total. The molecule has 0 aliphatic rings. The van der Waals surface area contributed by atoms with Gasteiger partial charge in [0.25, 0.3) is 0 Å². The zero-order valence-corrected chi connectivity index (χ0v) is 23.8. The summed E-state index contributed by atoms with van der Waals surface area (Å²) in [6.07, 6.45) is -0.140. The number of nitrogens with one attached hydrogen (secondary N) is 3. The molecule has 0 radical (unpaired) electrons. The van der Waals surface area contributed by atoms with Gasteiger partial charge in [0.2, 0.25) is 22.7 Å². The molecule has 38 heavy (non-hydrogen) atoms. The summed E-state index contributed by atoms with van der Waals surface area (Å²) in [5.41, 5.74) is -0.609. The van der Waals surface area contributed by atoms with E-state index in [-0.39, 0.29) is 17.9 Å². The average Bonchev–Trinajstić information content (AvgIpc) is 2.79. The summed E-state index contributed by atoms with van der Waals surface area (Å²) in [5, 5.41) is 4.86. The van der Waals surface area contributed by atoms with Crippen LogP contribution in [0.1, 0.15) is 60.5 Å². The van der Waals surface area contributed by atoms with Gasteiger partial charge in [0.15, 0.2) is 0 Å². The molecule has 0 heterocycles. The first-order valence-electron chi connectivity index (χ1n) is 12.1. The molecule has 2 amide bonds. The van der Waals surface area contributed by atoms with Crippen LogP contribution < -0.4 is 15.4 Å². The van der Waals surface area contributed by atoms with Crippen molar-refractivity contribution in [3.8, 4) is 0 Å². The van der Waals surface area contributed by atoms with E-state index in [1.165, 1.54) is 12.1 Å². The van der Waals surface area contributed by atoms with E-state index in [9.17, 15) is 27.6 Å². The molecule has 0 aliphatic heterocycles. The molecular weight excluding hydrogens is 518 g/mol. The Morgan fingerprint density at radius 2 is 1.53 bits per heavy atom. The number of carbonyl (C=O) groups is 4. The van der Waals surface area contributed by atoms with Crippen LogP contribution >= 0.6 is 0 Å². The minimum Gasteiger partial charge on any atom is -0.444 e. The number of amides is 2. The molecular formula is C25H39N3O9S. The van der Waals surface area contributed by atoms with Crippen LogP contribution in [-0.2, 0) is 45.0 Å². The van der Waals surface area contributed by atoms with Crippen molar-refractivity contribution in [2.75, 3.05) is 19.9 Å². The summed E-state index contributed by atoms with van der Waals surface area (Å²) in [4.78, 5) is 48.4. The maximum atomic E-state index is 12.9. The topological polar surface area (TPSA) is 166 Å². The van der Waals surface area contributed by atoms with Crippen molar-refractivity contribution in [1.82, 2.24) is 15.4 Å². The molecule has 0 aromatic heterocycles. The first-order valence-corrected chi connectivity index (χ1v) is 13.6. The summed E-state index contributed by atoms with van der Waals surface area (Å²) in [6, 6.07) is 4.56. The molecule has 0 fully saturated rings. The van der Waals surface area contributed by atoms with Gasteiger partial charge in [0.1, 0.15) is 11.6 Å². The van der Waals surface area contributed by atoms with Gasteiger partial charge in [0, 0.05) is 19.5 Å². The number of hydrogen-bond acceptors (Lipinski definition) is 9. The summed E-state index contributed by atoms with van der Waals surface area (Å²) in [6.45, 7) is 10.6. The lowest BCUT2D eigenvalue weighted by molar-refractivity contribution is -0.174. The Bertz CT molecular complexity index is 1070. The largest absolute Gasteiger partial charge is 0.444 e. The Balaban J connectivity index is 2.83. The van der Waals surface area contributed by atoms with E-state index in [4.69, 9.17) is 14.2 Å². The van der Waals surface area contributed by atoms with Crippen LogP contribution in [0.3, 0.4) is 0 Å².